The van der Waals surface area contributed by atoms with Gasteiger partial charge in [-0.25, -0.2) is 0 Å². The lowest BCUT2D eigenvalue weighted by Gasteiger charge is -2.32. The van der Waals surface area contributed by atoms with E-state index in [1.165, 1.54) is 0 Å². The van der Waals surface area contributed by atoms with E-state index in [-0.39, 0.29) is 12.7 Å². The Balaban J connectivity index is 2.10. The molecule has 0 bridgehead atoms. The molecule has 1 aliphatic heterocycles. The van der Waals surface area contributed by atoms with E-state index in [4.69, 9.17) is 19.9 Å². The van der Waals surface area contributed by atoms with Crippen molar-refractivity contribution in [1.29, 1.82) is 0 Å². The molecule has 0 aromatic carbocycles. The molecule has 1 fully saturated rings. The highest BCUT2D eigenvalue weighted by Crippen LogP contribution is 2.36. The summed E-state index contributed by atoms with van der Waals surface area (Å²) < 4.78 is 16.2. The number of hydrogen-bond acceptors (Lipinski definition) is 6. The Hall–Kier alpha value is -0.950. The predicted molar refractivity (Wildman–Crippen MR) is 67.1 cm³/mol. The molecular formula is C13H21NO5. The molecule has 1 heterocycles. The number of fused-ring (bicyclic) bond motifs is 1. The fourth-order valence-electron chi connectivity index (χ4n) is 2.53. The molecule has 0 aromatic heterocycles. The van der Waals surface area contributed by atoms with Crippen LogP contribution in [0, 0.1) is 5.92 Å². The number of nitrogens with two attached hydrogens (primary N) is 1. The molecule has 0 spiro atoms. The van der Waals surface area contributed by atoms with Crippen molar-refractivity contribution in [2.24, 2.45) is 11.7 Å². The molecule has 0 radical (unpaired) electrons. The normalized spacial score (nSPS) is 37.7. The van der Waals surface area contributed by atoms with Gasteiger partial charge in [-0.05, 0) is 20.8 Å². The van der Waals surface area contributed by atoms with Gasteiger partial charge in [0.2, 0.25) is 0 Å². The largest absolute Gasteiger partial charge is 0.465 e. The highest BCUT2D eigenvalue weighted by atomic mass is 16.8. The summed E-state index contributed by atoms with van der Waals surface area (Å²) in [6, 6.07) is -0.903. The zero-order chi connectivity index (χ0) is 14.2. The Morgan fingerprint density at radius 1 is 1.47 bits per heavy atom. The molecule has 3 N–H and O–H groups in total. The minimum atomic E-state index is -0.903. The molecule has 5 atom stereocenters. The van der Waals surface area contributed by atoms with E-state index in [2.05, 4.69) is 0 Å². The number of aliphatic hydroxyl groups is 1. The number of rotatable bonds is 3. The van der Waals surface area contributed by atoms with Crippen molar-refractivity contribution in [1.82, 2.24) is 0 Å². The fraction of sp³-hybridized carbons (Fsp3) is 0.769. The van der Waals surface area contributed by atoms with Crippen molar-refractivity contribution < 1.29 is 24.1 Å². The highest BCUT2D eigenvalue weighted by Gasteiger charge is 2.49. The molecule has 2 rings (SSSR count). The van der Waals surface area contributed by atoms with Crippen LogP contribution < -0.4 is 5.73 Å². The first-order valence-corrected chi connectivity index (χ1v) is 6.50. The van der Waals surface area contributed by atoms with Crippen LogP contribution in [0.4, 0.5) is 0 Å². The standard InChI is InChI=1S/C13H21NO5/c1-4-17-12(16)9(14)7-5-6-8-11(10(7)15)19-13(2,3)18-8/h5-11,15H,4,14H2,1-3H3/t7-,8-,9+,10-,11-/m0/s1. The second-order valence-electron chi connectivity index (χ2n) is 5.30. The van der Waals surface area contributed by atoms with Crippen molar-refractivity contribution in [3.8, 4) is 0 Å². The van der Waals surface area contributed by atoms with Gasteiger partial charge in [-0.1, -0.05) is 12.2 Å². The smallest absolute Gasteiger partial charge is 0.323 e. The third-order valence-electron chi connectivity index (χ3n) is 3.39. The molecule has 1 aliphatic carbocycles. The lowest BCUT2D eigenvalue weighted by atomic mass is 9.84. The SMILES string of the molecule is CCOC(=O)[C@H](N)[C@@H]1C=C[C@@H]2OC(C)(C)O[C@@H]2[C@H]1O. The van der Waals surface area contributed by atoms with E-state index >= 15 is 0 Å². The zero-order valence-electron chi connectivity index (χ0n) is 11.4. The third kappa shape index (κ3) is 2.81. The second kappa shape index (κ2) is 5.20. The number of hydrogen-bond donors (Lipinski definition) is 2. The molecule has 108 valence electrons. The van der Waals surface area contributed by atoms with Crippen molar-refractivity contribution in [2.45, 2.75) is 50.9 Å². The number of aliphatic hydroxyl groups excluding tert-OH is 1. The quantitative estimate of drug-likeness (QED) is 0.552. The lowest BCUT2D eigenvalue weighted by molar-refractivity contribution is -0.158. The molecule has 0 amide bonds. The summed E-state index contributed by atoms with van der Waals surface area (Å²) >= 11 is 0. The maximum absolute atomic E-state index is 11.6. The van der Waals surface area contributed by atoms with Gasteiger partial charge in [0.05, 0.1) is 12.7 Å². The monoisotopic (exact) mass is 271 g/mol. The van der Waals surface area contributed by atoms with Crippen LogP contribution in [0.25, 0.3) is 0 Å². The van der Waals surface area contributed by atoms with Crippen LogP contribution in [0.5, 0.6) is 0 Å². The summed E-state index contributed by atoms with van der Waals surface area (Å²) in [6.07, 6.45) is 1.78. The first-order valence-electron chi connectivity index (χ1n) is 6.50. The van der Waals surface area contributed by atoms with E-state index in [0.717, 1.165) is 0 Å². The number of carbonyl (C=O) groups is 1. The summed E-state index contributed by atoms with van der Waals surface area (Å²) in [4.78, 5) is 11.6. The molecule has 0 aromatic rings. The Bertz CT molecular complexity index is 381. The summed E-state index contributed by atoms with van der Waals surface area (Å²) in [5.41, 5.74) is 5.84. The lowest BCUT2D eigenvalue weighted by Crippen LogP contribution is -2.51. The Morgan fingerprint density at radius 2 is 2.16 bits per heavy atom. The van der Waals surface area contributed by atoms with Gasteiger partial charge in [0.1, 0.15) is 18.2 Å². The minimum Gasteiger partial charge on any atom is -0.465 e. The van der Waals surface area contributed by atoms with Gasteiger partial charge in [-0.3, -0.25) is 4.79 Å². The van der Waals surface area contributed by atoms with E-state index in [1.54, 1.807) is 32.9 Å². The van der Waals surface area contributed by atoms with E-state index in [0.29, 0.717) is 0 Å². The van der Waals surface area contributed by atoms with Gasteiger partial charge >= 0.3 is 5.97 Å². The molecule has 2 aliphatic rings. The number of ether oxygens (including phenoxy) is 3. The summed E-state index contributed by atoms with van der Waals surface area (Å²) in [5.74, 6) is -1.80. The van der Waals surface area contributed by atoms with Gasteiger partial charge in [0.25, 0.3) is 0 Å². The second-order valence-corrected chi connectivity index (χ2v) is 5.30. The molecule has 1 saturated heterocycles. The summed E-state index contributed by atoms with van der Waals surface area (Å²) in [7, 11) is 0. The molecule has 19 heavy (non-hydrogen) atoms. The average molecular weight is 271 g/mol. The summed E-state index contributed by atoms with van der Waals surface area (Å²) in [5, 5.41) is 10.3. The third-order valence-corrected chi connectivity index (χ3v) is 3.39. The van der Waals surface area contributed by atoms with Crippen LogP contribution >= 0.6 is 0 Å². The fourth-order valence-corrected chi connectivity index (χ4v) is 2.53. The molecule has 0 unspecified atom stereocenters. The number of esters is 1. The highest BCUT2D eigenvalue weighted by molar-refractivity contribution is 5.76. The van der Waals surface area contributed by atoms with Crippen LogP contribution in [-0.2, 0) is 19.0 Å². The van der Waals surface area contributed by atoms with Gasteiger partial charge in [-0.2, -0.15) is 0 Å². The minimum absolute atomic E-state index is 0.262. The molecule has 6 nitrogen and oxygen atoms in total. The Labute approximate surface area is 112 Å². The first kappa shape index (κ1) is 14.5. The van der Waals surface area contributed by atoms with Gasteiger partial charge < -0.3 is 25.1 Å². The van der Waals surface area contributed by atoms with Crippen LogP contribution in [0.1, 0.15) is 20.8 Å². The predicted octanol–water partition coefficient (Wildman–Crippen LogP) is -0.0562. The van der Waals surface area contributed by atoms with Crippen LogP contribution in [0.15, 0.2) is 12.2 Å². The van der Waals surface area contributed by atoms with Gasteiger partial charge in [-0.15, -0.1) is 0 Å². The van der Waals surface area contributed by atoms with E-state index in [9.17, 15) is 9.90 Å². The van der Waals surface area contributed by atoms with Gasteiger partial charge in [0.15, 0.2) is 5.79 Å². The van der Waals surface area contributed by atoms with E-state index in [1.807, 2.05) is 0 Å². The van der Waals surface area contributed by atoms with Crippen LogP contribution in [-0.4, -0.2) is 47.8 Å². The van der Waals surface area contributed by atoms with Crippen molar-refractivity contribution >= 4 is 5.97 Å². The Kier molecular flexibility index (Phi) is 3.96. The van der Waals surface area contributed by atoms with Crippen molar-refractivity contribution in [3.05, 3.63) is 12.2 Å². The van der Waals surface area contributed by atoms with E-state index < -0.39 is 35.9 Å². The molecule has 0 saturated carbocycles. The maximum Gasteiger partial charge on any atom is 0.323 e. The van der Waals surface area contributed by atoms with Gasteiger partial charge in [0, 0.05) is 5.92 Å². The Morgan fingerprint density at radius 3 is 2.79 bits per heavy atom. The van der Waals surface area contributed by atoms with Crippen molar-refractivity contribution in [2.75, 3.05) is 6.61 Å². The van der Waals surface area contributed by atoms with Crippen LogP contribution in [0.3, 0.4) is 0 Å². The number of carbonyl (C=O) groups excluding carboxylic acids is 1. The molecule has 6 heteroatoms. The topological polar surface area (TPSA) is 91.0 Å². The van der Waals surface area contributed by atoms with Crippen molar-refractivity contribution in [3.63, 3.8) is 0 Å². The molecular weight excluding hydrogens is 250 g/mol. The maximum atomic E-state index is 11.6. The first-order chi connectivity index (χ1) is 8.85. The van der Waals surface area contributed by atoms with Crippen LogP contribution in [0.2, 0.25) is 0 Å². The zero-order valence-corrected chi connectivity index (χ0v) is 11.4. The average Bonchev–Trinajstić information content (AvgIpc) is 2.65. The summed E-state index contributed by atoms with van der Waals surface area (Å²) in [6.45, 7) is 5.54.